The molecule has 0 bridgehead atoms. The summed E-state index contributed by atoms with van der Waals surface area (Å²) in [6, 6.07) is 7.83. The highest BCUT2D eigenvalue weighted by molar-refractivity contribution is 6.18. The van der Waals surface area contributed by atoms with Crippen molar-refractivity contribution in [2.24, 2.45) is 0 Å². The fourth-order valence-electron chi connectivity index (χ4n) is 1.94. The minimum absolute atomic E-state index is 0.0346. The van der Waals surface area contributed by atoms with Gasteiger partial charge in [0.15, 0.2) is 5.79 Å². The Bertz CT molecular complexity index is 379. The lowest BCUT2D eigenvalue weighted by Gasteiger charge is -2.23. The lowest BCUT2D eigenvalue weighted by Crippen LogP contribution is -2.24. The van der Waals surface area contributed by atoms with Crippen LogP contribution in [-0.2, 0) is 15.3 Å². The van der Waals surface area contributed by atoms with Gasteiger partial charge in [-0.05, 0) is 37.6 Å². The van der Waals surface area contributed by atoms with Gasteiger partial charge in [0.05, 0.1) is 25.2 Å². The second-order valence-corrected chi connectivity index (χ2v) is 4.83. The van der Waals surface area contributed by atoms with Crippen LogP contribution in [0.5, 0.6) is 5.75 Å². The Labute approximate surface area is 113 Å². The van der Waals surface area contributed by atoms with Gasteiger partial charge in [0, 0.05) is 5.56 Å². The summed E-state index contributed by atoms with van der Waals surface area (Å²) in [4.78, 5) is 0. The number of hydrogen-bond acceptors (Lipinski definition) is 3. The van der Waals surface area contributed by atoms with Crippen molar-refractivity contribution in [2.75, 3.05) is 19.1 Å². The van der Waals surface area contributed by atoms with Gasteiger partial charge >= 0.3 is 0 Å². The highest BCUT2D eigenvalue weighted by Gasteiger charge is 2.38. The molecule has 2 atom stereocenters. The third-order valence-corrected chi connectivity index (χ3v) is 3.30. The van der Waals surface area contributed by atoms with Gasteiger partial charge in [0.25, 0.3) is 0 Å². The first-order valence-corrected chi connectivity index (χ1v) is 6.82. The minimum atomic E-state index is -0.692. The van der Waals surface area contributed by atoms with Gasteiger partial charge in [-0.3, -0.25) is 0 Å². The van der Waals surface area contributed by atoms with Crippen LogP contribution in [0.3, 0.4) is 0 Å². The first kappa shape index (κ1) is 13.7. The molecule has 100 valence electrons. The zero-order chi connectivity index (χ0) is 13.0. The molecule has 1 aliphatic rings. The van der Waals surface area contributed by atoms with Crippen LogP contribution in [0.25, 0.3) is 0 Å². The molecule has 0 aliphatic carbocycles. The highest BCUT2D eigenvalue weighted by atomic mass is 35.5. The molecule has 1 fully saturated rings. The second-order valence-electron chi connectivity index (χ2n) is 4.52. The molecular weight excluding hydrogens is 252 g/mol. The predicted octanol–water partition coefficient (Wildman–Crippen LogP) is 3.30. The average Bonchev–Trinajstić information content (AvgIpc) is 2.80. The molecule has 2 unspecified atom stereocenters. The van der Waals surface area contributed by atoms with Gasteiger partial charge in [-0.25, -0.2) is 0 Å². The Kier molecular flexibility index (Phi) is 4.49. The third-order valence-electron chi connectivity index (χ3n) is 2.96. The average molecular weight is 271 g/mol. The summed E-state index contributed by atoms with van der Waals surface area (Å²) >= 11 is 5.78. The number of benzene rings is 1. The lowest BCUT2D eigenvalue weighted by atomic mass is 10.1. The first-order chi connectivity index (χ1) is 8.68. The number of alkyl halides is 1. The van der Waals surface area contributed by atoms with Crippen LogP contribution >= 0.6 is 11.6 Å². The van der Waals surface area contributed by atoms with Gasteiger partial charge in [-0.2, -0.15) is 0 Å². The Morgan fingerprint density at radius 1 is 1.39 bits per heavy atom. The van der Waals surface area contributed by atoms with E-state index in [0.717, 1.165) is 24.3 Å². The highest BCUT2D eigenvalue weighted by Crippen LogP contribution is 2.34. The Hall–Kier alpha value is -0.770. The van der Waals surface area contributed by atoms with E-state index in [1.165, 1.54) is 0 Å². The zero-order valence-corrected chi connectivity index (χ0v) is 11.6. The topological polar surface area (TPSA) is 27.7 Å². The molecular formula is C14H19ClO3. The van der Waals surface area contributed by atoms with Crippen LogP contribution in [0.15, 0.2) is 24.3 Å². The summed E-state index contributed by atoms with van der Waals surface area (Å²) < 4.78 is 17.1. The molecule has 1 heterocycles. The van der Waals surface area contributed by atoms with Crippen LogP contribution in [0.1, 0.15) is 25.8 Å². The van der Waals surface area contributed by atoms with E-state index in [9.17, 15) is 0 Å². The summed E-state index contributed by atoms with van der Waals surface area (Å²) in [6.07, 6.45) is 0.969. The molecule has 0 radical (unpaired) electrons. The standard InChI is InChI=1S/C14H19ClO3/c1-3-8-16-12-6-4-11(5-7-12)14(2)17-10-13(9-15)18-14/h4-7,13H,3,8-10H2,1-2H3. The molecule has 18 heavy (non-hydrogen) atoms. The van der Waals surface area contributed by atoms with Crippen molar-refractivity contribution < 1.29 is 14.2 Å². The van der Waals surface area contributed by atoms with Crippen molar-refractivity contribution in [3.05, 3.63) is 29.8 Å². The maximum atomic E-state index is 5.81. The molecule has 0 amide bonds. The van der Waals surface area contributed by atoms with E-state index < -0.39 is 5.79 Å². The number of hydrogen-bond donors (Lipinski definition) is 0. The van der Waals surface area contributed by atoms with Crippen molar-refractivity contribution >= 4 is 11.6 Å². The molecule has 0 saturated carbocycles. The van der Waals surface area contributed by atoms with E-state index in [4.69, 9.17) is 25.8 Å². The number of ether oxygens (including phenoxy) is 3. The largest absolute Gasteiger partial charge is 0.494 e. The second kappa shape index (κ2) is 5.91. The van der Waals surface area contributed by atoms with Crippen LogP contribution in [0, 0.1) is 0 Å². The molecule has 1 aliphatic heterocycles. The maximum absolute atomic E-state index is 5.81. The summed E-state index contributed by atoms with van der Waals surface area (Å²) in [5.74, 6) is 0.631. The van der Waals surface area contributed by atoms with E-state index >= 15 is 0 Å². The number of halogens is 1. The van der Waals surface area contributed by atoms with Crippen molar-refractivity contribution in [2.45, 2.75) is 32.2 Å². The molecule has 0 N–H and O–H groups in total. The predicted molar refractivity (Wildman–Crippen MR) is 71.1 cm³/mol. The third kappa shape index (κ3) is 2.97. The van der Waals surface area contributed by atoms with Crippen molar-refractivity contribution in [1.82, 2.24) is 0 Å². The SMILES string of the molecule is CCCOc1ccc(C2(C)OCC(CCl)O2)cc1. The summed E-state index contributed by atoms with van der Waals surface area (Å²) in [6.45, 7) is 5.27. The van der Waals surface area contributed by atoms with Gasteiger partial charge < -0.3 is 14.2 Å². The molecule has 3 nitrogen and oxygen atoms in total. The first-order valence-electron chi connectivity index (χ1n) is 6.29. The van der Waals surface area contributed by atoms with Gasteiger partial charge in [0.2, 0.25) is 0 Å². The van der Waals surface area contributed by atoms with Crippen LogP contribution in [-0.4, -0.2) is 25.2 Å². The lowest BCUT2D eigenvalue weighted by molar-refractivity contribution is -0.159. The Morgan fingerprint density at radius 3 is 2.67 bits per heavy atom. The molecule has 1 aromatic rings. The smallest absolute Gasteiger partial charge is 0.192 e. The van der Waals surface area contributed by atoms with Crippen LogP contribution in [0.4, 0.5) is 0 Å². The van der Waals surface area contributed by atoms with Crippen molar-refractivity contribution in [1.29, 1.82) is 0 Å². The normalized spacial score (nSPS) is 27.4. The van der Waals surface area contributed by atoms with Gasteiger partial charge in [0.1, 0.15) is 5.75 Å². The van der Waals surface area contributed by atoms with E-state index in [-0.39, 0.29) is 6.10 Å². The molecule has 4 heteroatoms. The number of rotatable bonds is 5. The van der Waals surface area contributed by atoms with E-state index in [1.54, 1.807) is 0 Å². The quantitative estimate of drug-likeness (QED) is 0.769. The van der Waals surface area contributed by atoms with E-state index in [1.807, 2.05) is 31.2 Å². The fourth-order valence-corrected chi connectivity index (χ4v) is 2.09. The summed E-state index contributed by atoms with van der Waals surface area (Å²) in [5, 5.41) is 0. The molecule has 1 aromatic carbocycles. The maximum Gasteiger partial charge on any atom is 0.192 e. The van der Waals surface area contributed by atoms with Gasteiger partial charge in [-0.15, -0.1) is 11.6 Å². The van der Waals surface area contributed by atoms with Crippen LogP contribution in [0.2, 0.25) is 0 Å². The molecule has 2 rings (SSSR count). The van der Waals surface area contributed by atoms with Crippen molar-refractivity contribution in [3.8, 4) is 5.75 Å². The summed E-state index contributed by atoms with van der Waals surface area (Å²) in [7, 11) is 0. The van der Waals surface area contributed by atoms with E-state index in [0.29, 0.717) is 12.5 Å². The molecule has 1 saturated heterocycles. The Balaban J connectivity index is 2.05. The fraction of sp³-hybridized carbons (Fsp3) is 0.571. The molecule has 0 aromatic heterocycles. The van der Waals surface area contributed by atoms with Crippen LogP contribution < -0.4 is 4.74 Å². The van der Waals surface area contributed by atoms with Crippen molar-refractivity contribution in [3.63, 3.8) is 0 Å². The Morgan fingerprint density at radius 2 is 2.11 bits per heavy atom. The van der Waals surface area contributed by atoms with E-state index in [2.05, 4.69) is 6.92 Å². The monoisotopic (exact) mass is 270 g/mol. The zero-order valence-electron chi connectivity index (χ0n) is 10.8. The summed E-state index contributed by atoms with van der Waals surface area (Å²) in [5.41, 5.74) is 0.985. The molecule has 0 spiro atoms. The minimum Gasteiger partial charge on any atom is -0.494 e. The van der Waals surface area contributed by atoms with Gasteiger partial charge in [-0.1, -0.05) is 6.92 Å².